The summed E-state index contributed by atoms with van der Waals surface area (Å²) >= 11 is 0.924. The van der Waals surface area contributed by atoms with Gasteiger partial charge in [-0.1, -0.05) is 18.2 Å². The monoisotopic (exact) mass is 359 g/mol. The van der Waals surface area contributed by atoms with Gasteiger partial charge in [0.25, 0.3) is 0 Å². The van der Waals surface area contributed by atoms with Gasteiger partial charge in [0, 0.05) is 12.2 Å². The van der Waals surface area contributed by atoms with E-state index in [1.165, 1.54) is 25.7 Å². The third kappa shape index (κ3) is 4.02. The lowest BCUT2D eigenvalue weighted by molar-refractivity contribution is -0.141. The zero-order chi connectivity index (χ0) is 17.3. The molecule has 2 fully saturated rings. The first-order chi connectivity index (χ1) is 11.3. The number of carbonyl (C=O) groups is 1. The average Bonchev–Trinajstić information content (AvgIpc) is 3.15. The summed E-state index contributed by atoms with van der Waals surface area (Å²) in [6.07, 6.45) is 1.57. The number of hydrogen-bond acceptors (Lipinski definition) is 4. The maximum Gasteiger partial charge on any atom is 0.433 e. The molecule has 4 atom stereocenters. The molecule has 24 heavy (non-hydrogen) atoms. The molecule has 0 saturated heterocycles. The zero-order valence-electron chi connectivity index (χ0n) is 13.3. The summed E-state index contributed by atoms with van der Waals surface area (Å²) in [5.74, 6) is 1.89. The fraction of sp³-hybridized carbons (Fsp3) is 0.688. The molecule has 4 unspecified atom stereocenters. The van der Waals surface area contributed by atoms with E-state index in [-0.39, 0.29) is 22.9 Å². The van der Waals surface area contributed by atoms with Crippen LogP contribution in [0.4, 0.5) is 13.2 Å². The first-order valence-electron chi connectivity index (χ1n) is 8.15. The molecular formula is C16H20F3N3OS. The number of alkyl halides is 3. The molecule has 2 saturated carbocycles. The molecule has 132 valence electrons. The van der Waals surface area contributed by atoms with Crippen molar-refractivity contribution in [2.75, 3.05) is 5.75 Å². The van der Waals surface area contributed by atoms with Crippen LogP contribution in [0.5, 0.6) is 0 Å². The fourth-order valence-electron chi connectivity index (χ4n) is 4.01. The summed E-state index contributed by atoms with van der Waals surface area (Å²) in [4.78, 5) is 19.3. The third-order valence-corrected chi connectivity index (χ3v) is 5.94. The van der Waals surface area contributed by atoms with Gasteiger partial charge in [0.2, 0.25) is 5.91 Å². The molecule has 0 aliphatic heterocycles. The Balaban J connectivity index is 1.49. The maximum atomic E-state index is 12.6. The summed E-state index contributed by atoms with van der Waals surface area (Å²) in [5, 5.41) is 2.95. The molecule has 1 N–H and O–H groups in total. The predicted octanol–water partition coefficient (Wildman–Crippen LogP) is 3.53. The number of aromatic nitrogens is 2. The van der Waals surface area contributed by atoms with Gasteiger partial charge in [-0.05, 0) is 50.0 Å². The van der Waals surface area contributed by atoms with Crippen LogP contribution < -0.4 is 5.32 Å². The Kier molecular flexibility index (Phi) is 5.03. The molecule has 1 aromatic rings. The Morgan fingerprint density at radius 2 is 2.21 bits per heavy atom. The summed E-state index contributed by atoms with van der Waals surface area (Å²) in [6, 6.07) is 0.928. The van der Waals surface area contributed by atoms with Crippen LogP contribution >= 0.6 is 11.8 Å². The maximum absolute atomic E-state index is 12.6. The van der Waals surface area contributed by atoms with Gasteiger partial charge in [-0.25, -0.2) is 9.97 Å². The predicted molar refractivity (Wildman–Crippen MR) is 84.3 cm³/mol. The zero-order valence-corrected chi connectivity index (χ0v) is 14.2. The van der Waals surface area contributed by atoms with E-state index in [2.05, 4.69) is 15.3 Å². The molecule has 1 aromatic heterocycles. The smallest absolute Gasteiger partial charge is 0.353 e. The van der Waals surface area contributed by atoms with Crippen molar-refractivity contribution in [3.05, 3.63) is 18.0 Å². The number of amides is 1. The second-order valence-electron chi connectivity index (χ2n) is 6.71. The molecule has 1 amide bonds. The number of fused-ring (bicyclic) bond motifs is 2. The first-order valence-corrected chi connectivity index (χ1v) is 9.14. The number of nitrogens with one attached hydrogen (secondary N) is 1. The fourth-order valence-corrected chi connectivity index (χ4v) is 4.65. The van der Waals surface area contributed by atoms with Crippen LogP contribution in [0, 0.1) is 17.8 Å². The quantitative estimate of drug-likeness (QED) is 0.645. The largest absolute Gasteiger partial charge is 0.433 e. The Bertz CT molecular complexity index is 610. The van der Waals surface area contributed by atoms with Crippen LogP contribution in [0.3, 0.4) is 0 Å². The normalized spacial score (nSPS) is 27.2. The van der Waals surface area contributed by atoms with Gasteiger partial charge in [0.15, 0.2) is 5.16 Å². The van der Waals surface area contributed by atoms with Crippen molar-refractivity contribution in [2.45, 2.75) is 50.0 Å². The summed E-state index contributed by atoms with van der Waals surface area (Å²) in [7, 11) is 0. The van der Waals surface area contributed by atoms with Crippen LogP contribution in [0.2, 0.25) is 0 Å². The van der Waals surface area contributed by atoms with Gasteiger partial charge in [0.05, 0.1) is 5.75 Å². The average molecular weight is 359 g/mol. The number of hydrogen-bond donors (Lipinski definition) is 1. The van der Waals surface area contributed by atoms with E-state index in [0.29, 0.717) is 11.8 Å². The van der Waals surface area contributed by atoms with E-state index in [1.54, 1.807) is 0 Å². The van der Waals surface area contributed by atoms with Gasteiger partial charge in [0.1, 0.15) is 5.69 Å². The van der Waals surface area contributed by atoms with Crippen molar-refractivity contribution < 1.29 is 18.0 Å². The molecule has 4 nitrogen and oxygen atoms in total. The topological polar surface area (TPSA) is 54.9 Å². The highest BCUT2D eigenvalue weighted by Crippen LogP contribution is 2.49. The van der Waals surface area contributed by atoms with E-state index in [4.69, 9.17) is 0 Å². The minimum absolute atomic E-state index is 0.0203. The Morgan fingerprint density at radius 1 is 1.42 bits per heavy atom. The standard InChI is InChI=1S/C16H20F3N3OS/c1-9(12-7-10-2-3-11(12)6-10)21-14(23)8-24-15-20-5-4-13(22-15)16(17,18)19/h4-5,9-12H,2-3,6-8H2,1H3,(H,21,23). The molecule has 2 aliphatic rings. The highest BCUT2D eigenvalue weighted by atomic mass is 32.2. The summed E-state index contributed by atoms with van der Waals surface area (Å²) in [5.41, 5.74) is -0.990. The SMILES string of the molecule is CC(NC(=O)CSc1nccc(C(F)(F)F)n1)C1CC2CCC1C2. The molecule has 2 aliphatic carbocycles. The van der Waals surface area contributed by atoms with Crippen molar-refractivity contribution in [1.82, 2.24) is 15.3 Å². The molecule has 3 rings (SSSR count). The van der Waals surface area contributed by atoms with E-state index in [1.807, 2.05) is 6.92 Å². The number of rotatable bonds is 5. The van der Waals surface area contributed by atoms with E-state index in [9.17, 15) is 18.0 Å². The Hall–Kier alpha value is -1.31. The van der Waals surface area contributed by atoms with E-state index >= 15 is 0 Å². The minimum atomic E-state index is -4.50. The van der Waals surface area contributed by atoms with Gasteiger partial charge in [-0.3, -0.25) is 4.79 Å². The summed E-state index contributed by atoms with van der Waals surface area (Å²) in [6.45, 7) is 2.02. The van der Waals surface area contributed by atoms with Crippen LogP contribution in [0.1, 0.15) is 38.3 Å². The minimum Gasteiger partial charge on any atom is -0.353 e. The molecule has 1 heterocycles. The van der Waals surface area contributed by atoms with Crippen molar-refractivity contribution in [2.24, 2.45) is 17.8 Å². The van der Waals surface area contributed by atoms with Gasteiger partial charge < -0.3 is 5.32 Å². The molecule has 0 spiro atoms. The van der Waals surface area contributed by atoms with Crippen molar-refractivity contribution in [1.29, 1.82) is 0 Å². The number of halogens is 3. The van der Waals surface area contributed by atoms with E-state index < -0.39 is 11.9 Å². The van der Waals surface area contributed by atoms with Crippen LogP contribution in [-0.4, -0.2) is 27.7 Å². The van der Waals surface area contributed by atoms with Gasteiger partial charge in [-0.15, -0.1) is 0 Å². The molecule has 2 bridgehead atoms. The van der Waals surface area contributed by atoms with E-state index in [0.717, 1.165) is 29.9 Å². The first kappa shape index (κ1) is 17.5. The summed E-state index contributed by atoms with van der Waals surface area (Å²) < 4.78 is 37.8. The number of nitrogens with zero attached hydrogens (tertiary/aromatic N) is 2. The highest BCUT2D eigenvalue weighted by molar-refractivity contribution is 7.99. The second kappa shape index (κ2) is 6.90. The molecule has 0 aromatic carbocycles. The second-order valence-corrected chi connectivity index (χ2v) is 7.65. The molecule has 8 heteroatoms. The highest BCUT2D eigenvalue weighted by Gasteiger charge is 2.42. The van der Waals surface area contributed by atoms with Crippen molar-refractivity contribution in [3.63, 3.8) is 0 Å². The van der Waals surface area contributed by atoms with Crippen LogP contribution in [0.25, 0.3) is 0 Å². The van der Waals surface area contributed by atoms with Crippen LogP contribution in [0.15, 0.2) is 17.4 Å². The third-order valence-electron chi connectivity index (χ3n) is 5.08. The lowest BCUT2D eigenvalue weighted by Gasteiger charge is -2.28. The number of carbonyl (C=O) groups excluding carboxylic acids is 1. The van der Waals surface area contributed by atoms with Crippen molar-refractivity contribution >= 4 is 17.7 Å². The number of thioether (sulfide) groups is 1. The Labute approximate surface area is 143 Å². The van der Waals surface area contributed by atoms with Gasteiger partial charge in [-0.2, -0.15) is 13.2 Å². The van der Waals surface area contributed by atoms with Gasteiger partial charge >= 0.3 is 6.18 Å². The van der Waals surface area contributed by atoms with Crippen LogP contribution in [-0.2, 0) is 11.0 Å². The molecule has 0 radical (unpaired) electrons. The lowest BCUT2D eigenvalue weighted by Crippen LogP contribution is -2.40. The van der Waals surface area contributed by atoms with Crippen molar-refractivity contribution in [3.8, 4) is 0 Å². The Morgan fingerprint density at radius 3 is 2.83 bits per heavy atom. The lowest BCUT2D eigenvalue weighted by atomic mass is 9.84. The molecular weight excluding hydrogens is 339 g/mol.